The van der Waals surface area contributed by atoms with Crippen molar-refractivity contribution in [2.75, 3.05) is 20.1 Å². The van der Waals surface area contributed by atoms with Crippen LogP contribution in [-0.4, -0.2) is 35.9 Å². The molecule has 110 valence electrons. The normalized spacial score (nSPS) is 21.4. The molecule has 2 rings (SSSR count). The number of hydrogen-bond donors (Lipinski definition) is 1. The topological polar surface area (TPSA) is 45.2 Å². The summed E-state index contributed by atoms with van der Waals surface area (Å²) in [6.07, 6.45) is 0.923. The lowest BCUT2D eigenvalue weighted by Crippen LogP contribution is -2.41. The van der Waals surface area contributed by atoms with E-state index >= 15 is 0 Å². The molecule has 1 unspecified atom stereocenters. The van der Waals surface area contributed by atoms with E-state index in [2.05, 4.69) is 10.3 Å². The molecule has 1 aliphatic heterocycles. The number of aryl methyl sites for hydroxylation is 1. The number of carbonyl (C=O) groups excluding carboxylic acids is 1. The van der Waals surface area contributed by atoms with E-state index in [9.17, 15) is 4.79 Å². The van der Waals surface area contributed by atoms with Gasteiger partial charge in [-0.15, -0.1) is 36.2 Å². The lowest BCUT2D eigenvalue weighted by atomic mass is 9.88. The van der Waals surface area contributed by atoms with E-state index in [1.807, 2.05) is 26.3 Å². The lowest BCUT2D eigenvalue weighted by molar-refractivity contribution is -0.139. The summed E-state index contributed by atoms with van der Waals surface area (Å²) in [5.41, 5.74) is 0.748. The molecule has 2 heterocycles. The predicted octanol–water partition coefficient (Wildman–Crippen LogP) is 2.25. The van der Waals surface area contributed by atoms with Crippen LogP contribution in [0.4, 0.5) is 0 Å². The number of halogens is 2. The zero-order chi connectivity index (χ0) is 12.5. The highest BCUT2D eigenvalue weighted by molar-refractivity contribution is 7.09. The Hall–Kier alpha value is -0.360. The van der Waals surface area contributed by atoms with Gasteiger partial charge in [0.25, 0.3) is 0 Å². The van der Waals surface area contributed by atoms with Crippen molar-refractivity contribution in [2.24, 2.45) is 5.41 Å². The van der Waals surface area contributed by atoms with Gasteiger partial charge in [-0.2, -0.15) is 0 Å². The second-order valence-corrected chi connectivity index (χ2v) is 6.07. The van der Waals surface area contributed by atoms with Crippen molar-refractivity contribution in [3.05, 3.63) is 16.1 Å². The standard InChI is InChI=1S/C12H19N3OS.2ClH/c1-9-14-10(7-17-9)6-15(3)11(16)12(2)4-5-13-8-12;;/h7,13H,4-6,8H2,1-3H3;2*1H. The molecule has 7 heteroatoms. The Morgan fingerprint density at radius 1 is 1.58 bits per heavy atom. The fraction of sp³-hybridized carbons (Fsp3) is 0.667. The molecule has 4 nitrogen and oxygen atoms in total. The molecule has 0 aromatic carbocycles. The summed E-state index contributed by atoms with van der Waals surface area (Å²) in [5.74, 6) is 0.216. The van der Waals surface area contributed by atoms with Crippen molar-refractivity contribution in [3.63, 3.8) is 0 Å². The summed E-state index contributed by atoms with van der Waals surface area (Å²) in [6.45, 7) is 6.35. The van der Waals surface area contributed by atoms with Crippen molar-refractivity contribution in [1.29, 1.82) is 0 Å². The minimum atomic E-state index is -0.236. The van der Waals surface area contributed by atoms with Gasteiger partial charge in [0.15, 0.2) is 0 Å². The summed E-state index contributed by atoms with van der Waals surface area (Å²) in [6, 6.07) is 0. The number of nitrogens with zero attached hydrogens (tertiary/aromatic N) is 2. The molecule has 0 spiro atoms. The molecular weight excluding hydrogens is 305 g/mol. The average Bonchev–Trinajstić information content (AvgIpc) is 2.88. The fourth-order valence-corrected chi connectivity index (χ4v) is 2.86. The molecule has 1 fully saturated rings. The van der Waals surface area contributed by atoms with Crippen LogP contribution in [0.5, 0.6) is 0 Å². The van der Waals surface area contributed by atoms with Gasteiger partial charge in [0.2, 0.25) is 5.91 Å². The van der Waals surface area contributed by atoms with E-state index in [1.54, 1.807) is 16.2 Å². The highest BCUT2D eigenvalue weighted by atomic mass is 35.5. The Morgan fingerprint density at radius 2 is 2.26 bits per heavy atom. The first kappa shape index (κ1) is 18.6. The third-order valence-electron chi connectivity index (χ3n) is 3.30. The minimum Gasteiger partial charge on any atom is -0.339 e. The molecule has 19 heavy (non-hydrogen) atoms. The van der Waals surface area contributed by atoms with Gasteiger partial charge in [-0.3, -0.25) is 4.79 Å². The van der Waals surface area contributed by atoms with Crippen LogP contribution in [0.1, 0.15) is 24.0 Å². The Morgan fingerprint density at radius 3 is 2.74 bits per heavy atom. The monoisotopic (exact) mass is 325 g/mol. The van der Waals surface area contributed by atoms with Gasteiger partial charge < -0.3 is 10.2 Å². The largest absolute Gasteiger partial charge is 0.339 e. The Bertz CT molecular complexity index is 419. The fourth-order valence-electron chi connectivity index (χ4n) is 2.26. The van der Waals surface area contributed by atoms with Gasteiger partial charge in [-0.05, 0) is 26.8 Å². The maximum Gasteiger partial charge on any atom is 0.229 e. The first-order chi connectivity index (χ1) is 8.01. The van der Waals surface area contributed by atoms with E-state index in [0.29, 0.717) is 6.54 Å². The van der Waals surface area contributed by atoms with Crippen LogP contribution < -0.4 is 5.32 Å². The number of thiazole rings is 1. The van der Waals surface area contributed by atoms with Crippen molar-refractivity contribution in [1.82, 2.24) is 15.2 Å². The molecule has 1 aliphatic rings. The smallest absolute Gasteiger partial charge is 0.229 e. The Balaban J connectivity index is 0.00000162. The number of nitrogens with one attached hydrogen (secondary N) is 1. The molecule has 0 aliphatic carbocycles. The first-order valence-corrected chi connectivity index (χ1v) is 6.76. The summed E-state index contributed by atoms with van der Waals surface area (Å²) in [4.78, 5) is 18.5. The first-order valence-electron chi connectivity index (χ1n) is 5.88. The van der Waals surface area contributed by atoms with Crippen molar-refractivity contribution >= 4 is 42.1 Å². The summed E-state index contributed by atoms with van der Waals surface area (Å²) in [7, 11) is 1.86. The van der Waals surface area contributed by atoms with E-state index < -0.39 is 0 Å². The molecule has 1 saturated heterocycles. The molecule has 1 aromatic heterocycles. The third kappa shape index (κ3) is 4.31. The zero-order valence-corrected chi connectivity index (χ0v) is 13.9. The number of carbonyl (C=O) groups is 1. The van der Waals surface area contributed by atoms with Gasteiger partial charge in [0, 0.05) is 19.0 Å². The van der Waals surface area contributed by atoms with Crippen LogP contribution in [0.3, 0.4) is 0 Å². The van der Waals surface area contributed by atoms with E-state index in [1.165, 1.54) is 0 Å². The SMILES string of the molecule is Cc1nc(CN(C)C(=O)C2(C)CCNC2)cs1.Cl.Cl. The van der Waals surface area contributed by atoms with Crippen LogP contribution >= 0.6 is 36.2 Å². The Kier molecular flexibility index (Phi) is 7.29. The van der Waals surface area contributed by atoms with E-state index in [0.717, 1.165) is 30.2 Å². The van der Waals surface area contributed by atoms with E-state index in [-0.39, 0.29) is 36.1 Å². The maximum atomic E-state index is 12.3. The third-order valence-corrected chi connectivity index (χ3v) is 4.12. The number of rotatable bonds is 3. The minimum absolute atomic E-state index is 0. The van der Waals surface area contributed by atoms with Crippen LogP contribution in [-0.2, 0) is 11.3 Å². The molecular formula is C12H21Cl2N3OS. The maximum absolute atomic E-state index is 12.3. The van der Waals surface area contributed by atoms with Crippen LogP contribution in [0, 0.1) is 12.3 Å². The second-order valence-electron chi connectivity index (χ2n) is 5.01. The number of amides is 1. The van der Waals surface area contributed by atoms with Crippen LogP contribution in [0.25, 0.3) is 0 Å². The van der Waals surface area contributed by atoms with E-state index in [4.69, 9.17) is 0 Å². The zero-order valence-electron chi connectivity index (χ0n) is 11.4. The van der Waals surface area contributed by atoms with Gasteiger partial charge in [0.1, 0.15) is 0 Å². The molecule has 1 atom stereocenters. The lowest BCUT2D eigenvalue weighted by Gasteiger charge is -2.27. The average molecular weight is 326 g/mol. The van der Waals surface area contributed by atoms with Gasteiger partial charge in [-0.1, -0.05) is 0 Å². The second kappa shape index (κ2) is 7.43. The van der Waals surface area contributed by atoms with Gasteiger partial charge in [-0.25, -0.2) is 4.98 Å². The van der Waals surface area contributed by atoms with Crippen molar-refractivity contribution < 1.29 is 4.79 Å². The molecule has 0 saturated carbocycles. The molecule has 0 bridgehead atoms. The highest BCUT2D eigenvalue weighted by Gasteiger charge is 2.38. The number of hydrogen-bond acceptors (Lipinski definition) is 4. The van der Waals surface area contributed by atoms with Crippen LogP contribution in [0.15, 0.2) is 5.38 Å². The van der Waals surface area contributed by atoms with Crippen molar-refractivity contribution in [2.45, 2.75) is 26.8 Å². The predicted molar refractivity (Wildman–Crippen MR) is 83.4 cm³/mol. The number of aromatic nitrogens is 1. The molecule has 1 N–H and O–H groups in total. The molecule has 1 aromatic rings. The van der Waals surface area contributed by atoms with Crippen molar-refractivity contribution in [3.8, 4) is 0 Å². The summed E-state index contributed by atoms with van der Waals surface area (Å²) < 4.78 is 0. The van der Waals surface area contributed by atoms with Crippen LogP contribution in [0.2, 0.25) is 0 Å². The summed E-state index contributed by atoms with van der Waals surface area (Å²) >= 11 is 1.63. The Labute approximate surface area is 130 Å². The molecule has 1 amide bonds. The highest BCUT2D eigenvalue weighted by Crippen LogP contribution is 2.27. The quantitative estimate of drug-likeness (QED) is 0.927. The van der Waals surface area contributed by atoms with Gasteiger partial charge in [0.05, 0.1) is 22.7 Å². The molecule has 0 radical (unpaired) electrons. The summed E-state index contributed by atoms with van der Waals surface area (Å²) in [5, 5.41) is 6.33. The van der Waals surface area contributed by atoms with Gasteiger partial charge >= 0.3 is 0 Å².